The van der Waals surface area contributed by atoms with Crippen LogP contribution >= 0.6 is 11.6 Å². The van der Waals surface area contributed by atoms with Crippen molar-refractivity contribution in [3.63, 3.8) is 0 Å². The molecule has 0 aromatic carbocycles. The Morgan fingerprint density at radius 3 is 2.94 bits per heavy atom. The Bertz CT molecular complexity index is 384. The number of nitrogens with zero attached hydrogens (tertiary/aromatic N) is 2. The minimum atomic E-state index is -0.581. The number of rotatable bonds is 4. The number of carbonyl (C=O) groups is 1. The van der Waals surface area contributed by atoms with Gasteiger partial charge in [-0.05, 0) is 20.2 Å². The number of nitrogens with one attached hydrogen (secondary N) is 1. The molecule has 0 radical (unpaired) electrons. The molecule has 1 aromatic rings. The Labute approximate surface area is 98.4 Å². The van der Waals surface area contributed by atoms with Crippen LogP contribution in [0, 0.1) is 5.82 Å². The van der Waals surface area contributed by atoms with Crippen LogP contribution in [-0.2, 0) is 0 Å². The first-order chi connectivity index (χ1) is 7.50. The second-order valence-electron chi connectivity index (χ2n) is 3.55. The third-order valence-electron chi connectivity index (χ3n) is 1.89. The standard InChI is InChI=1S/C10H13ClFN3O/c1-15(2)4-3-13-10(16)8-5-7(12)6-14-9(8)11/h5-6H,3-4H2,1-2H3,(H,13,16). The van der Waals surface area contributed by atoms with E-state index in [-0.39, 0.29) is 10.7 Å². The molecule has 0 atom stereocenters. The summed E-state index contributed by atoms with van der Waals surface area (Å²) >= 11 is 5.68. The molecule has 0 aliphatic rings. The summed E-state index contributed by atoms with van der Waals surface area (Å²) in [5.74, 6) is -0.999. The van der Waals surface area contributed by atoms with Crippen molar-refractivity contribution in [1.29, 1.82) is 0 Å². The van der Waals surface area contributed by atoms with Gasteiger partial charge in [0.1, 0.15) is 11.0 Å². The van der Waals surface area contributed by atoms with Gasteiger partial charge in [-0.15, -0.1) is 0 Å². The molecule has 4 nitrogen and oxygen atoms in total. The fourth-order valence-corrected chi connectivity index (χ4v) is 1.26. The first-order valence-electron chi connectivity index (χ1n) is 4.74. The van der Waals surface area contributed by atoms with Gasteiger partial charge in [-0.25, -0.2) is 9.37 Å². The molecule has 1 aromatic heterocycles. The van der Waals surface area contributed by atoms with Gasteiger partial charge >= 0.3 is 0 Å². The van der Waals surface area contributed by atoms with Crippen LogP contribution in [0.5, 0.6) is 0 Å². The van der Waals surface area contributed by atoms with Crippen molar-refractivity contribution in [2.75, 3.05) is 27.2 Å². The van der Waals surface area contributed by atoms with E-state index in [0.717, 1.165) is 12.3 Å². The van der Waals surface area contributed by atoms with Crippen LogP contribution in [0.2, 0.25) is 5.15 Å². The molecule has 0 fully saturated rings. The highest BCUT2D eigenvalue weighted by molar-refractivity contribution is 6.32. The number of amides is 1. The average Bonchev–Trinajstić information content (AvgIpc) is 2.21. The second-order valence-corrected chi connectivity index (χ2v) is 3.91. The van der Waals surface area contributed by atoms with Crippen LogP contribution in [0.15, 0.2) is 12.3 Å². The average molecular weight is 246 g/mol. The molecule has 0 aliphatic carbocycles. The van der Waals surface area contributed by atoms with E-state index in [0.29, 0.717) is 13.1 Å². The number of hydrogen-bond acceptors (Lipinski definition) is 3. The third-order valence-corrected chi connectivity index (χ3v) is 2.20. The number of likely N-dealkylation sites (N-methyl/N-ethyl adjacent to an activating group) is 1. The fourth-order valence-electron chi connectivity index (χ4n) is 1.07. The quantitative estimate of drug-likeness (QED) is 0.810. The molecule has 16 heavy (non-hydrogen) atoms. The summed E-state index contributed by atoms with van der Waals surface area (Å²) in [5, 5.41) is 2.63. The lowest BCUT2D eigenvalue weighted by molar-refractivity contribution is 0.0950. The van der Waals surface area contributed by atoms with Crippen molar-refractivity contribution < 1.29 is 9.18 Å². The minimum absolute atomic E-state index is 0.00348. The molecule has 1 heterocycles. The normalized spacial score (nSPS) is 10.6. The van der Waals surface area contributed by atoms with Crippen molar-refractivity contribution in [1.82, 2.24) is 15.2 Å². The maximum atomic E-state index is 12.8. The van der Waals surface area contributed by atoms with E-state index in [4.69, 9.17) is 11.6 Å². The molecule has 1 rings (SSSR count). The number of aromatic nitrogens is 1. The summed E-state index contributed by atoms with van der Waals surface area (Å²) < 4.78 is 12.8. The Balaban J connectivity index is 2.62. The summed E-state index contributed by atoms with van der Waals surface area (Å²) in [6.45, 7) is 1.17. The lowest BCUT2D eigenvalue weighted by atomic mass is 10.2. The SMILES string of the molecule is CN(C)CCNC(=O)c1cc(F)cnc1Cl. The maximum absolute atomic E-state index is 12.8. The van der Waals surface area contributed by atoms with Crippen molar-refractivity contribution in [2.45, 2.75) is 0 Å². The van der Waals surface area contributed by atoms with E-state index < -0.39 is 11.7 Å². The highest BCUT2D eigenvalue weighted by Gasteiger charge is 2.11. The van der Waals surface area contributed by atoms with E-state index >= 15 is 0 Å². The van der Waals surface area contributed by atoms with Crippen molar-refractivity contribution in [3.05, 3.63) is 28.8 Å². The van der Waals surface area contributed by atoms with E-state index in [1.807, 2.05) is 19.0 Å². The lowest BCUT2D eigenvalue weighted by Gasteiger charge is -2.10. The molecule has 0 aliphatic heterocycles. The topological polar surface area (TPSA) is 45.2 Å². The first kappa shape index (κ1) is 12.9. The summed E-state index contributed by atoms with van der Waals surface area (Å²) in [7, 11) is 3.78. The lowest BCUT2D eigenvalue weighted by Crippen LogP contribution is -2.31. The summed E-state index contributed by atoms with van der Waals surface area (Å²) in [6, 6.07) is 1.07. The highest BCUT2D eigenvalue weighted by atomic mass is 35.5. The van der Waals surface area contributed by atoms with Gasteiger partial charge in [0.2, 0.25) is 0 Å². The molecular weight excluding hydrogens is 233 g/mol. The van der Waals surface area contributed by atoms with Crippen LogP contribution in [0.25, 0.3) is 0 Å². The highest BCUT2D eigenvalue weighted by Crippen LogP contribution is 2.13. The predicted octanol–water partition coefficient (Wildman–Crippen LogP) is 1.17. The van der Waals surface area contributed by atoms with E-state index in [2.05, 4.69) is 10.3 Å². The molecule has 0 spiro atoms. The molecule has 0 unspecified atom stereocenters. The van der Waals surface area contributed by atoms with Gasteiger partial charge in [-0.3, -0.25) is 4.79 Å². The zero-order valence-corrected chi connectivity index (χ0v) is 9.88. The molecule has 88 valence electrons. The Kier molecular flexibility index (Phi) is 4.64. The zero-order valence-electron chi connectivity index (χ0n) is 9.13. The van der Waals surface area contributed by atoms with Gasteiger partial charge in [0.15, 0.2) is 0 Å². The number of carbonyl (C=O) groups excluding carboxylic acids is 1. The number of hydrogen-bond donors (Lipinski definition) is 1. The van der Waals surface area contributed by atoms with E-state index in [1.165, 1.54) is 0 Å². The van der Waals surface area contributed by atoms with Crippen molar-refractivity contribution in [3.8, 4) is 0 Å². The Morgan fingerprint density at radius 2 is 2.31 bits per heavy atom. The van der Waals surface area contributed by atoms with Gasteiger partial charge in [0, 0.05) is 13.1 Å². The number of pyridine rings is 1. The molecular formula is C10H13ClFN3O. The number of halogens is 2. The van der Waals surface area contributed by atoms with Gasteiger partial charge < -0.3 is 10.2 Å². The molecule has 1 N–H and O–H groups in total. The molecule has 1 amide bonds. The first-order valence-corrected chi connectivity index (χ1v) is 5.12. The largest absolute Gasteiger partial charge is 0.351 e. The van der Waals surface area contributed by atoms with Crippen LogP contribution in [0.4, 0.5) is 4.39 Å². The molecule has 0 bridgehead atoms. The van der Waals surface area contributed by atoms with E-state index in [1.54, 1.807) is 0 Å². The Morgan fingerprint density at radius 1 is 1.62 bits per heavy atom. The summed E-state index contributed by atoms with van der Waals surface area (Å²) in [6.07, 6.45) is 0.971. The Hall–Kier alpha value is -1.20. The van der Waals surface area contributed by atoms with Crippen LogP contribution in [0.1, 0.15) is 10.4 Å². The third kappa shape index (κ3) is 3.75. The fraction of sp³-hybridized carbons (Fsp3) is 0.400. The van der Waals surface area contributed by atoms with Gasteiger partial charge in [-0.1, -0.05) is 11.6 Å². The zero-order chi connectivity index (χ0) is 12.1. The minimum Gasteiger partial charge on any atom is -0.351 e. The van der Waals surface area contributed by atoms with Gasteiger partial charge in [0.05, 0.1) is 11.8 Å². The monoisotopic (exact) mass is 245 g/mol. The summed E-state index contributed by atoms with van der Waals surface area (Å²) in [5.41, 5.74) is 0.0559. The van der Waals surface area contributed by atoms with Crippen molar-refractivity contribution in [2.24, 2.45) is 0 Å². The molecule has 0 saturated carbocycles. The molecule has 6 heteroatoms. The van der Waals surface area contributed by atoms with E-state index in [9.17, 15) is 9.18 Å². The predicted molar refractivity (Wildman–Crippen MR) is 60.1 cm³/mol. The summed E-state index contributed by atoms with van der Waals surface area (Å²) in [4.78, 5) is 17.1. The van der Waals surface area contributed by atoms with Gasteiger partial charge in [0.25, 0.3) is 5.91 Å². The van der Waals surface area contributed by atoms with Crippen LogP contribution in [0.3, 0.4) is 0 Å². The van der Waals surface area contributed by atoms with Gasteiger partial charge in [-0.2, -0.15) is 0 Å². The van der Waals surface area contributed by atoms with Crippen LogP contribution < -0.4 is 5.32 Å². The second kappa shape index (κ2) is 5.77. The smallest absolute Gasteiger partial charge is 0.254 e. The maximum Gasteiger partial charge on any atom is 0.254 e. The molecule has 0 saturated heterocycles. The van der Waals surface area contributed by atoms with Crippen LogP contribution in [-0.4, -0.2) is 43.0 Å². The van der Waals surface area contributed by atoms with Crippen molar-refractivity contribution >= 4 is 17.5 Å².